The molecule has 13 heavy (non-hydrogen) atoms. The first kappa shape index (κ1) is 8.00. The fraction of sp³-hybridized carbons (Fsp3) is 0. The molecule has 0 aliphatic rings. The molecule has 4 nitrogen and oxygen atoms in total. The molecule has 1 heterocycles. The van der Waals surface area contributed by atoms with Gasteiger partial charge in [0, 0.05) is 0 Å². The lowest BCUT2D eigenvalue weighted by molar-refractivity contribution is 0.477. The molecular formula is C8H5NO3S. The molecule has 0 atom stereocenters. The van der Waals surface area contributed by atoms with Gasteiger partial charge >= 0.3 is 0 Å². The zero-order chi connectivity index (χ0) is 9.42. The number of phenols is 1. The summed E-state index contributed by atoms with van der Waals surface area (Å²) >= 11 is 4.67. The van der Waals surface area contributed by atoms with Crippen molar-refractivity contribution in [2.24, 2.45) is 0 Å². The van der Waals surface area contributed by atoms with E-state index in [1.165, 1.54) is 6.07 Å². The molecule has 2 N–H and O–H groups in total. The van der Waals surface area contributed by atoms with Crippen molar-refractivity contribution in [3.8, 4) is 5.75 Å². The van der Waals surface area contributed by atoms with Crippen LogP contribution in [0.4, 0.5) is 0 Å². The molecule has 2 rings (SSSR count). The third kappa shape index (κ3) is 1.23. The van der Waals surface area contributed by atoms with Gasteiger partial charge in [0.1, 0.15) is 16.7 Å². The topological polar surface area (TPSA) is 66.2 Å². The maximum atomic E-state index is 11.3. The molecule has 0 saturated heterocycles. The Morgan fingerprint density at radius 3 is 3.00 bits per heavy atom. The molecule has 0 spiro atoms. The molecule has 5 heteroatoms. The number of phenolic OH excluding ortho intramolecular Hbond substituents is 1. The fourth-order valence-corrected chi connectivity index (χ4v) is 1.30. The number of benzene rings is 1. The zero-order valence-electron chi connectivity index (χ0n) is 6.40. The number of aromatic amines is 1. The standard InChI is InChI=1S/C8H5NO3S/c10-4-2-1-3-5-6(4)7(11)9-8(13)12-5/h1-3,10H,(H,9,11,13). The summed E-state index contributed by atoms with van der Waals surface area (Å²) in [7, 11) is 0. The number of H-pyrrole nitrogens is 1. The summed E-state index contributed by atoms with van der Waals surface area (Å²) in [6.45, 7) is 0. The van der Waals surface area contributed by atoms with Gasteiger partial charge in [0.25, 0.3) is 10.4 Å². The van der Waals surface area contributed by atoms with E-state index in [9.17, 15) is 9.90 Å². The van der Waals surface area contributed by atoms with Crippen LogP contribution in [-0.2, 0) is 0 Å². The van der Waals surface area contributed by atoms with Gasteiger partial charge in [-0.25, -0.2) is 0 Å². The number of rotatable bonds is 0. The average Bonchev–Trinajstić information content (AvgIpc) is 2.02. The number of aromatic hydroxyl groups is 1. The van der Waals surface area contributed by atoms with Crippen molar-refractivity contribution in [1.82, 2.24) is 4.98 Å². The molecule has 0 aliphatic heterocycles. The molecule has 0 unspecified atom stereocenters. The molecule has 0 radical (unpaired) electrons. The van der Waals surface area contributed by atoms with Crippen LogP contribution in [0.25, 0.3) is 11.0 Å². The first-order valence-corrected chi connectivity index (χ1v) is 3.94. The largest absolute Gasteiger partial charge is 0.507 e. The highest BCUT2D eigenvalue weighted by Gasteiger charge is 2.04. The minimum atomic E-state index is -0.440. The normalized spacial score (nSPS) is 10.5. The summed E-state index contributed by atoms with van der Waals surface area (Å²) in [5.74, 6) is -0.113. The lowest BCUT2D eigenvalue weighted by Crippen LogP contribution is -2.05. The lowest BCUT2D eigenvalue weighted by atomic mass is 10.2. The first-order chi connectivity index (χ1) is 6.18. The number of fused-ring (bicyclic) bond motifs is 1. The van der Waals surface area contributed by atoms with Crippen molar-refractivity contribution in [1.29, 1.82) is 0 Å². The molecule has 0 bridgehead atoms. The Hall–Kier alpha value is -1.62. The van der Waals surface area contributed by atoms with Crippen molar-refractivity contribution in [3.63, 3.8) is 0 Å². The Kier molecular flexibility index (Phi) is 1.66. The van der Waals surface area contributed by atoms with Crippen molar-refractivity contribution in [2.75, 3.05) is 0 Å². The van der Waals surface area contributed by atoms with E-state index in [1.807, 2.05) is 0 Å². The van der Waals surface area contributed by atoms with E-state index >= 15 is 0 Å². The van der Waals surface area contributed by atoms with Crippen LogP contribution in [0.5, 0.6) is 5.75 Å². The zero-order valence-corrected chi connectivity index (χ0v) is 7.22. The summed E-state index contributed by atoms with van der Waals surface area (Å²) in [5.41, 5.74) is -0.155. The second-order valence-electron chi connectivity index (χ2n) is 2.49. The maximum absolute atomic E-state index is 11.3. The second-order valence-corrected chi connectivity index (χ2v) is 2.86. The molecule has 66 valence electrons. The Bertz CT molecular complexity index is 569. The second kappa shape index (κ2) is 2.70. The van der Waals surface area contributed by atoms with Gasteiger partial charge in [0.15, 0.2) is 0 Å². The van der Waals surface area contributed by atoms with Crippen LogP contribution in [-0.4, -0.2) is 10.1 Å². The Balaban J connectivity index is 3.12. The Labute approximate surface area is 77.5 Å². The highest BCUT2D eigenvalue weighted by atomic mass is 32.1. The van der Waals surface area contributed by atoms with Gasteiger partial charge in [-0.05, 0) is 24.4 Å². The van der Waals surface area contributed by atoms with Gasteiger partial charge in [0.05, 0.1) is 0 Å². The van der Waals surface area contributed by atoms with E-state index in [0.29, 0.717) is 0 Å². The van der Waals surface area contributed by atoms with Gasteiger partial charge in [-0.2, -0.15) is 0 Å². The van der Waals surface area contributed by atoms with Crippen LogP contribution in [0, 0.1) is 4.84 Å². The van der Waals surface area contributed by atoms with Gasteiger partial charge in [-0.3, -0.25) is 9.78 Å². The molecule has 1 aromatic carbocycles. The van der Waals surface area contributed by atoms with E-state index in [1.54, 1.807) is 12.1 Å². The molecule has 2 aromatic rings. The monoisotopic (exact) mass is 195 g/mol. The molecule has 0 aliphatic carbocycles. The number of hydrogen-bond donors (Lipinski definition) is 2. The van der Waals surface area contributed by atoms with Crippen molar-refractivity contribution >= 4 is 23.2 Å². The van der Waals surface area contributed by atoms with Crippen LogP contribution in [0.15, 0.2) is 27.4 Å². The van der Waals surface area contributed by atoms with Crippen LogP contribution < -0.4 is 5.56 Å². The number of nitrogens with one attached hydrogen (secondary N) is 1. The Morgan fingerprint density at radius 1 is 1.46 bits per heavy atom. The van der Waals surface area contributed by atoms with E-state index in [4.69, 9.17) is 4.42 Å². The van der Waals surface area contributed by atoms with Gasteiger partial charge in [-0.15, -0.1) is 0 Å². The molecule has 0 amide bonds. The first-order valence-electron chi connectivity index (χ1n) is 3.53. The minimum absolute atomic E-state index is 0.00287. The maximum Gasteiger partial charge on any atom is 0.269 e. The highest BCUT2D eigenvalue weighted by Crippen LogP contribution is 2.19. The molecular weight excluding hydrogens is 190 g/mol. The lowest BCUT2D eigenvalue weighted by Gasteiger charge is -1.96. The van der Waals surface area contributed by atoms with Crippen LogP contribution in [0.2, 0.25) is 0 Å². The van der Waals surface area contributed by atoms with Crippen molar-refractivity contribution in [3.05, 3.63) is 33.4 Å². The SMILES string of the molecule is O=c1[nH]c(=S)oc2cccc(O)c12. The third-order valence-corrected chi connectivity index (χ3v) is 1.83. The van der Waals surface area contributed by atoms with E-state index in [2.05, 4.69) is 17.2 Å². The summed E-state index contributed by atoms with van der Waals surface area (Å²) in [5, 5.41) is 9.45. The van der Waals surface area contributed by atoms with E-state index in [-0.39, 0.29) is 21.6 Å². The Morgan fingerprint density at radius 2 is 2.23 bits per heavy atom. The highest BCUT2D eigenvalue weighted by molar-refractivity contribution is 7.71. The van der Waals surface area contributed by atoms with Crippen molar-refractivity contribution in [2.45, 2.75) is 0 Å². The summed E-state index contributed by atoms with van der Waals surface area (Å²) < 4.78 is 5.02. The molecule has 0 fully saturated rings. The summed E-state index contributed by atoms with van der Waals surface area (Å²) in [6.07, 6.45) is 0. The van der Waals surface area contributed by atoms with Gasteiger partial charge < -0.3 is 9.52 Å². The van der Waals surface area contributed by atoms with Crippen molar-refractivity contribution < 1.29 is 9.52 Å². The van der Waals surface area contributed by atoms with E-state index in [0.717, 1.165) is 0 Å². The quantitative estimate of drug-likeness (QED) is 0.626. The van der Waals surface area contributed by atoms with Crippen LogP contribution in [0.1, 0.15) is 0 Å². The smallest absolute Gasteiger partial charge is 0.269 e. The number of hydrogen-bond acceptors (Lipinski definition) is 4. The number of aromatic nitrogens is 1. The predicted molar refractivity (Wildman–Crippen MR) is 49.3 cm³/mol. The van der Waals surface area contributed by atoms with Gasteiger partial charge in [-0.1, -0.05) is 6.07 Å². The summed E-state index contributed by atoms with van der Waals surface area (Å²) in [6, 6.07) is 4.56. The van der Waals surface area contributed by atoms with Crippen LogP contribution in [0.3, 0.4) is 0 Å². The third-order valence-electron chi connectivity index (χ3n) is 1.65. The minimum Gasteiger partial charge on any atom is -0.507 e. The molecule has 0 saturated carbocycles. The average molecular weight is 195 g/mol. The van der Waals surface area contributed by atoms with E-state index < -0.39 is 5.56 Å². The van der Waals surface area contributed by atoms with Gasteiger partial charge in [0.2, 0.25) is 0 Å². The van der Waals surface area contributed by atoms with Crippen LogP contribution >= 0.6 is 12.2 Å². The fourth-order valence-electron chi connectivity index (χ4n) is 1.11. The summed E-state index contributed by atoms with van der Waals surface area (Å²) in [4.78, 5) is 13.6. The molecule has 1 aromatic heterocycles. The predicted octanol–water partition coefficient (Wildman–Crippen LogP) is 1.56.